The van der Waals surface area contributed by atoms with E-state index < -0.39 is 57.6 Å². The highest BCUT2D eigenvalue weighted by atomic mass is 31.2. The van der Waals surface area contributed by atoms with E-state index in [1.165, 1.54) is 44.9 Å². The lowest BCUT2D eigenvalue weighted by molar-refractivity contribution is -0.147. The van der Waals surface area contributed by atoms with Crippen molar-refractivity contribution in [1.82, 2.24) is 5.32 Å². The van der Waals surface area contributed by atoms with Gasteiger partial charge in [-0.25, -0.2) is 9.36 Å². The van der Waals surface area contributed by atoms with Crippen molar-refractivity contribution < 1.29 is 47.8 Å². The van der Waals surface area contributed by atoms with E-state index in [9.17, 15) is 34.1 Å². The molecule has 0 aliphatic heterocycles. The van der Waals surface area contributed by atoms with E-state index in [2.05, 4.69) is 67.8 Å². The molecule has 0 bridgehead atoms. The normalized spacial score (nSPS) is 14.3. The Hall–Kier alpha value is -2.56. The van der Waals surface area contributed by atoms with E-state index in [0.717, 1.165) is 89.9 Å². The minimum absolute atomic E-state index is 0.129. The zero-order chi connectivity index (χ0) is 40.7. The summed E-state index contributed by atoms with van der Waals surface area (Å²) >= 11 is 0. The zero-order valence-corrected chi connectivity index (χ0v) is 35.1. The highest BCUT2D eigenvalue weighted by Crippen LogP contribution is 2.43. The van der Waals surface area contributed by atoms with Crippen LogP contribution in [0.3, 0.4) is 0 Å². The van der Waals surface area contributed by atoms with Crippen LogP contribution in [-0.4, -0.2) is 64.9 Å². The SMILES string of the molecule is CCCCC/C=C\C/C=C\C/C=C\CCCCCCCCC(=O)NC(COP(=O)(O)OCC(O)COC(=O)CCCCCCC/C=C\CCCCC)C(=O)O. The number of unbranched alkanes of at least 4 members (excludes halogenated alkanes) is 17. The molecule has 0 fully saturated rings. The van der Waals surface area contributed by atoms with Gasteiger partial charge >= 0.3 is 19.8 Å². The van der Waals surface area contributed by atoms with Crippen molar-refractivity contribution >= 4 is 25.7 Å². The van der Waals surface area contributed by atoms with Crippen molar-refractivity contribution in [3.63, 3.8) is 0 Å². The molecule has 1 amide bonds. The topological polar surface area (TPSA) is 169 Å². The van der Waals surface area contributed by atoms with Crippen molar-refractivity contribution in [3.05, 3.63) is 48.6 Å². The van der Waals surface area contributed by atoms with Gasteiger partial charge in [-0.2, -0.15) is 0 Å². The Bertz CT molecular complexity index is 1120. The number of phosphoric acid groups is 1. The Morgan fingerprint density at radius 1 is 0.582 bits per heavy atom. The summed E-state index contributed by atoms with van der Waals surface area (Å²) in [5.41, 5.74) is 0. The predicted octanol–water partition coefficient (Wildman–Crippen LogP) is 10.6. The van der Waals surface area contributed by atoms with Crippen molar-refractivity contribution in [3.8, 4) is 0 Å². The molecule has 0 aliphatic rings. The molecule has 0 spiro atoms. The second-order valence-electron chi connectivity index (χ2n) is 14.2. The molecule has 0 rings (SSSR count). The summed E-state index contributed by atoms with van der Waals surface area (Å²) < 4.78 is 26.8. The van der Waals surface area contributed by atoms with Gasteiger partial charge in [0.25, 0.3) is 0 Å². The second kappa shape index (κ2) is 38.3. The molecule has 0 heterocycles. The quantitative estimate of drug-likeness (QED) is 0.0203. The van der Waals surface area contributed by atoms with Crippen LogP contribution in [0.15, 0.2) is 48.6 Å². The van der Waals surface area contributed by atoms with Crippen LogP contribution in [0.1, 0.15) is 174 Å². The van der Waals surface area contributed by atoms with E-state index in [-0.39, 0.29) is 12.8 Å². The van der Waals surface area contributed by atoms with Crippen LogP contribution in [0.2, 0.25) is 0 Å². The number of aliphatic carboxylic acids is 1. The summed E-state index contributed by atoms with van der Waals surface area (Å²) in [5.74, 6) is -2.40. The maximum atomic E-state index is 12.3. The minimum atomic E-state index is -4.76. The number of allylic oxidation sites excluding steroid dienone is 8. The molecule has 0 radical (unpaired) electrons. The average Bonchev–Trinajstić information content (AvgIpc) is 3.16. The third-order valence-electron chi connectivity index (χ3n) is 8.84. The van der Waals surface area contributed by atoms with Gasteiger partial charge in [-0.1, -0.05) is 133 Å². The number of carboxylic acids is 1. The maximum Gasteiger partial charge on any atom is 0.472 e. The fraction of sp³-hybridized carbons (Fsp3) is 0.744. The summed E-state index contributed by atoms with van der Waals surface area (Å²) in [6, 6.07) is -1.56. The van der Waals surface area contributed by atoms with E-state index in [1.807, 2.05) is 0 Å². The summed E-state index contributed by atoms with van der Waals surface area (Å²) in [4.78, 5) is 45.8. The van der Waals surface area contributed by atoms with E-state index >= 15 is 0 Å². The zero-order valence-electron chi connectivity index (χ0n) is 34.2. The maximum absolute atomic E-state index is 12.3. The number of ether oxygens (including phenoxy) is 1. The number of carbonyl (C=O) groups is 3. The first-order chi connectivity index (χ1) is 26.6. The first-order valence-corrected chi connectivity index (χ1v) is 22.7. The van der Waals surface area contributed by atoms with E-state index in [4.69, 9.17) is 13.8 Å². The largest absolute Gasteiger partial charge is 0.480 e. The van der Waals surface area contributed by atoms with Crippen LogP contribution in [-0.2, 0) is 32.7 Å². The molecule has 0 saturated carbocycles. The Balaban J connectivity index is 3.96. The highest BCUT2D eigenvalue weighted by molar-refractivity contribution is 7.47. The smallest absolute Gasteiger partial charge is 0.472 e. The van der Waals surface area contributed by atoms with Crippen LogP contribution in [0.5, 0.6) is 0 Å². The molecule has 0 aliphatic carbocycles. The fourth-order valence-corrected chi connectivity index (χ4v) is 6.26. The lowest BCUT2D eigenvalue weighted by atomic mass is 10.1. The van der Waals surface area contributed by atoms with Gasteiger partial charge < -0.3 is 25.2 Å². The van der Waals surface area contributed by atoms with Crippen LogP contribution >= 0.6 is 7.82 Å². The molecule has 3 unspecified atom stereocenters. The summed E-state index contributed by atoms with van der Waals surface area (Å²) in [5, 5.41) is 21.8. The number of carbonyl (C=O) groups excluding carboxylic acids is 2. The number of phosphoric ester groups is 1. The van der Waals surface area contributed by atoms with Gasteiger partial charge in [0.2, 0.25) is 5.91 Å². The number of esters is 1. The lowest BCUT2D eigenvalue weighted by Gasteiger charge is -2.18. The van der Waals surface area contributed by atoms with E-state index in [0.29, 0.717) is 12.8 Å². The summed E-state index contributed by atoms with van der Waals surface area (Å²) in [7, 11) is -4.76. The molecule has 0 aromatic carbocycles. The van der Waals surface area contributed by atoms with Crippen molar-refractivity contribution in [2.75, 3.05) is 19.8 Å². The highest BCUT2D eigenvalue weighted by Gasteiger charge is 2.28. The molecule has 318 valence electrons. The molecule has 55 heavy (non-hydrogen) atoms. The van der Waals surface area contributed by atoms with Crippen LogP contribution in [0.4, 0.5) is 0 Å². The first kappa shape index (κ1) is 52.4. The molecular formula is C43H76NO10P. The number of aliphatic hydroxyl groups excluding tert-OH is 1. The Kier molecular flexibility index (Phi) is 36.5. The minimum Gasteiger partial charge on any atom is -0.480 e. The van der Waals surface area contributed by atoms with Crippen LogP contribution in [0, 0.1) is 0 Å². The van der Waals surface area contributed by atoms with Gasteiger partial charge in [-0.15, -0.1) is 0 Å². The Morgan fingerprint density at radius 2 is 1.00 bits per heavy atom. The number of carboxylic acid groups (broad SMARTS) is 1. The van der Waals surface area contributed by atoms with Crippen molar-refractivity contribution in [2.24, 2.45) is 0 Å². The van der Waals surface area contributed by atoms with Gasteiger partial charge in [-0.3, -0.25) is 18.6 Å². The Morgan fingerprint density at radius 3 is 1.51 bits per heavy atom. The third kappa shape index (κ3) is 38.1. The molecule has 4 N–H and O–H groups in total. The monoisotopic (exact) mass is 798 g/mol. The number of aliphatic hydroxyl groups is 1. The fourth-order valence-electron chi connectivity index (χ4n) is 5.49. The number of amides is 1. The standard InChI is InChI=1S/C43H76NO10P/c1-3-5-7-9-11-13-15-17-18-19-20-21-22-23-24-26-28-30-32-34-41(46)44-40(43(48)49)38-54-55(50,51)53-37-39(45)36-52-42(47)35-33-31-29-27-25-16-14-12-10-8-6-4-2/h11-14,17-18,20-21,39-40,45H,3-10,15-16,19,22-38H2,1-2H3,(H,44,46)(H,48,49)(H,50,51)/b13-11-,14-12-,18-17-,21-20-. The van der Waals surface area contributed by atoms with Gasteiger partial charge in [0.1, 0.15) is 12.7 Å². The van der Waals surface area contributed by atoms with Gasteiger partial charge in [0, 0.05) is 12.8 Å². The average molecular weight is 798 g/mol. The number of rotatable bonds is 39. The first-order valence-electron chi connectivity index (χ1n) is 21.2. The van der Waals surface area contributed by atoms with Crippen molar-refractivity contribution in [2.45, 2.75) is 187 Å². The van der Waals surface area contributed by atoms with Gasteiger partial charge in [-0.05, 0) is 77.0 Å². The molecule has 11 nitrogen and oxygen atoms in total. The summed E-state index contributed by atoms with van der Waals surface area (Å²) in [6.45, 7) is 2.51. The molecule has 0 aromatic rings. The Labute approximate surface area is 333 Å². The number of nitrogens with one attached hydrogen (secondary N) is 1. The van der Waals surface area contributed by atoms with Gasteiger partial charge in [0.15, 0.2) is 6.04 Å². The lowest BCUT2D eigenvalue weighted by Crippen LogP contribution is -2.43. The van der Waals surface area contributed by atoms with E-state index in [1.54, 1.807) is 0 Å². The van der Waals surface area contributed by atoms with Gasteiger partial charge in [0.05, 0.1) is 13.2 Å². The number of hydrogen-bond donors (Lipinski definition) is 4. The molecule has 3 atom stereocenters. The molecule has 12 heteroatoms. The van der Waals surface area contributed by atoms with Crippen LogP contribution in [0.25, 0.3) is 0 Å². The predicted molar refractivity (Wildman–Crippen MR) is 222 cm³/mol. The summed E-state index contributed by atoms with van der Waals surface area (Å²) in [6.07, 6.45) is 41.3. The molecule has 0 saturated heterocycles. The third-order valence-corrected chi connectivity index (χ3v) is 9.79. The molecular weight excluding hydrogens is 721 g/mol. The number of hydrogen-bond acceptors (Lipinski definition) is 8. The van der Waals surface area contributed by atoms with Crippen LogP contribution < -0.4 is 5.32 Å². The second-order valence-corrected chi connectivity index (χ2v) is 15.6. The molecule has 0 aromatic heterocycles. The van der Waals surface area contributed by atoms with Crippen molar-refractivity contribution in [1.29, 1.82) is 0 Å².